The highest BCUT2D eigenvalue weighted by Gasteiger charge is 2.09. The van der Waals surface area contributed by atoms with E-state index >= 15 is 0 Å². The molecule has 0 saturated heterocycles. The van der Waals surface area contributed by atoms with E-state index in [0.717, 1.165) is 34.1 Å². The molecular formula is C20H22N4O2. The van der Waals surface area contributed by atoms with Gasteiger partial charge in [0.25, 0.3) is 0 Å². The topological polar surface area (TPSA) is 68.3 Å². The van der Waals surface area contributed by atoms with Gasteiger partial charge in [-0.2, -0.15) is 4.98 Å². The summed E-state index contributed by atoms with van der Waals surface area (Å²) in [5.74, 6) is 2.65. The maximum absolute atomic E-state index is 5.41. The zero-order valence-corrected chi connectivity index (χ0v) is 15.3. The van der Waals surface area contributed by atoms with Crippen LogP contribution >= 0.6 is 0 Å². The molecule has 0 bridgehead atoms. The maximum atomic E-state index is 5.41. The van der Waals surface area contributed by atoms with Crippen molar-refractivity contribution in [2.45, 2.75) is 13.8 Å². The van der Waals surface area contributed by atoms with Gasteiger partial charge in [0, 0.05) is 11.8 Å². The highest BCUT2D eigenvalue weighted by atomic mass is 16.5. The van der Waals surface area contributed by atoms with Gasteiger partial charge in [0.05, 0.1) is 25.6 Å². The molecule has 0 aliphatic heterocycles. The summed E-state index contributed by atoms with van der Waals surface area (Å²) in [6, 6.07) is 15.5. The van der Waals surface area contributed by atoms with Crippen LogP contribution in [0.15, 0.2) is 48.5 Å². The van der Waals surface area contributed by atoms with Crippen molar-refractivity contribution in [2.24, 2.45) is 0 Å². The predicted molar refractivity (Wildman–Crippen MR) is 104 cm³/mol. The minimum absolute atomic E-state index is 0.492. The molecule has 6 heteroatoms. The van der Waals surface area contributed by atoms with E-state index < -0.39 is 0 Å². The summed E-state index contributed by atoms with van der Waals surface area (Å²) < 4.78 is 10.8. The molecule has 26 heavy (non-hydrogen) atoms. The number of aryl methyl sites for hydroxylation is 2. The number of ether oxygens (including phenoxy) is 2. The van der Waals surface area contributed by atoms with E-state index in [2.05, 4.69) is 20.6 Å². The lowest BCUT2D eigenvalue weighted by molar-refractivity contribution is 0.416. The molecule has 2 aromatic carbocycles. The molecule has 3 rings (SSSR count). The highest BCUT2D eigenvalue weighted by molar-refractivity contribution is 5.67. The molecule has 1 aromatic heterocycles. The van der Waals surface area contributed by atoms with Gasteiger partial charge in [-0.15, -0.1) is 0 Å². The van der Waals surface area contributed by atoms with Crippen molar-refractivity contribution in [2.75, 3.05) is 24.9 Å². The van der Waals surface area contributed by atoms with Crippen LogP contribution in [0.5, 0.6) is 11.5 Å². The molecule has 0 fully saturated rings. The van der Waals surface area contributed by atoms with Crippen molar-refractivity contribution in [1.29, 1.82) is 0 Å². The van der Waals surface area contributed by atoms with Crippen LogP contribution in [0.25, 0.3) is 0 Å². The van der Waals surface area contributed by atoms with Crippen LogP contribution in [-0.2, 0) is 0 Å². The molecule has 6 nitrogen and oxygen atoms in total. The zero-order chi connectivity index (χ0) is 18.5. The molecule has 0 aliphatic rings. The van der Waals surface area contributed by atoms with Crippen molar-refractivity contribution >= 4 is 23.1 Å². The third-order valence-corrected chi connectivity index (χ3v) is 3.83. The van der Waals surface area contributed by atoms with Crippen molar-refractivity contribution in [3.63, 3.8) is 0 Å². The summed E-state index contributed by atoms with van der Waals surface area (Å²) in [5, 5.41) is 6.52. The van der Waals surface area contributed by atoms with Gasteiger partial charge in [-0.1, -0.05) is 18.2 Å². The summed E-state index contributed by atoms with van der Waals surface area (Å²) in [6.45, 7) is 3.95. The summed E-state index contributed by atoms with van der Waals surface area (Å²) in [7, 11) is 3.28. The molecule has 2 N–H and O–H groups in total. The van der Waals surface area contributed by atoms with Crippen LogP contribution in [0, 0.1) is 13.8 Å². The third-order valence-electron chi connectivity index (χ3n) is 3.83. The van der Waals surface area contributed by atoms with E-state index in [1.165, 1.54) is 0 Å². The summed E-state index contributed by atoms with van der Waals surface area (Å²) in [5.41, 5.74) is 3.62. The van der Waals surface area contributed by atoms with Crippen molar-refractivity contribution in [1.82, 2.24) is 9.97 Å². The van der Waals surface area contributed by atoms with Crippen LogP contribution < -0.4 is 20.1 Å². The number of aromatic nitrogens is 2. The Morgan fingerprint density at radius 3 is 2.27 bits per heavy atom. The summed E-state index contributed by atoms with van der Waals surface area (Å²) in [6.07, 6.45) is 0. The van der Waals surface area contributed by atoms with Gasteiger partial charge in [0.1, 0.15) is 17.3 Å². The Balaban J connectivity index is 1.90. The van der Waals surface area contributed by atoms with Gasteiger partial charge >= 0.3 is 0 Å². The normalized spacial score (nSPS) is 10.3. The van der Waals surface area contributed by atoms with E-state index in [1.54, 1.807) is 14.2 Å². The van der Waals surface area contributed by atoms with Gasteiger partial charge < -0.3 is 20.1 Å². The van der Waals surface area contributed by atoms with Crippen LogP contribution in [0.3, 0.4) is 0 Å². The molecule has 1 heterocycles. The fourth-order valence-corrected chi connectivity index (χ4v) is 2.61. The second-order valence-electron chi connectivity index (χ2n) is 5.87. The number of para-hydroxylation sites is 2. The molecule has 0 unspecified atom stereocenters. The molecular weight excluding hydrogens is 328 g/mol. The van der Waals surface area contributed by atoms with E-state index in [4.69, 9.17) is 9.47 Å². The second kappa shape index (κ2) is 7.74. The van der Waals surface area contributed by atoms with Crippen LogP contribution in [0.2, 0.25) is 0 Å². The molecule has 0 atom stereocenters. The first-order chi connectivity index (χ1) is 12.6. The quantitative estimate of drug-likeness (QED) is 0.677. The number of nitrogens with one attached hydrogen (secondary N) is 2. The smallest absolute Gasteiger partial charge is 0.229 e. The minimum atomic E-state index is 0.492. The lowest BCUT2D eigenvalue weighted by atomic mass is 10.2. The Morgan fingerprint density at radius 2 is 1.50 bits per heavy atom. The van der Waals surface area contributed by atoms with Crippen LogP contribution in [0.1, 0.15) is 11.3 Å². The predicted octanol–water partition coefficient (Wildman–Crippen LogP) is 4.60. The van der Waals surface area contributed by atoms with Crippen LogP contribution in [0.4, 0.5) is 23.1 Å². The first kappa shape index (κ1) is 17.5. The number of nitrogens with zero attached hydrogens (tertiary/aromatic N) is 2. The van der Waals surface area contributed by atoms with Gasteiger partial charge in [-0.25, -0.2) is 4.98 Å². The lowest BCUT2D eigenvalue weighted by Crippen LogP contribution is -2.04. The Morgan fingerprint density at radius 1 is 0.769 bits per heavy atom. The van der Waals surface area contributed by atoms with Crippen LogP contribution in [-0.4, -0.2) is 24.2 Å². The second-order valence-corrected chi connectivity index (χ2v) is 5.87. The Bertz CT molecular complexity index is 912. The van der Waals surface area contributed by atoms with E-state index in [0.29, 0.717) is 11.8 Å². The van der Waals surface area contributed by atoms with Gasteiger partial charge in [0.2, 0.25) is 5.95 Å². The number of benzene rings is 2. The average Bonchev–Trinajstić information content (AvgIpc) is 2.62. The molecule has 134 valence electrons. The Kier molecular flexibility index (Phi) is 5.22. The fourth-order valence-electron chi connectivity index (χ4n) is 2.61. The van der Waals surface area contributed by atoms with Crippen molar-refractivity contribution in [3.8, 4) is 11.5 Å². The lowest BCUT2D eigenvalue weighted by Gasteiger charge is -2.14. The summed E-state index contributed by atoms with van der Waals surface area (Å²) in [4.78, 5) is 9.03. The number of methoxy groups -OCH3 is 2. The molecule has 0 spiro atoms. The zero-order valence-electron chi connectivity index (χ0n) is 15.3. The van der Waals surface area contributed by atoms with E-state index in [9.17, 15) is 0 Å². The van der Waals surface area contributed by atoms with Crippen molar-refractivity contribution in [3.05, 3.63) is 59.8 Å². The van der Waals surface area contributed by atoms with Crippen molar-refractivity contribution < 1.29 is 9.47 Å². The van der Waals surface area contributed by atoms with Gasteiger partial charge in [-0.3, -0.25) is 0 Å². The van der Waals surface area contributed by atoms with Gasteiger partial charge in [0.15, 0.2) is 0 Å². The number of anilines is 4. The SMILES string of the molecule is COc1ccccc1Nc1cc(C)nc(Nc2cc(C)ccc2OC)n1. The standard InChI is InChI=1S/C20H22N4O2/c1-13-9-10-18(26-4)16(11-13)23-20-21-14(2)12-19(24-20)22-15-7-5-6-8-17(15)25-3/h5-12H,1-4H3,(H2,21,22,23,24). The first-order valence-electron chi connectivity index (χ1n) is 8.26. The van der Waals surface area contributed by atoms with E-state index in [-0.39, 0.29) is 0 Å². The summed E-state index contributed by atoms with van der Waals surface area (Å²) >= 11 is 0. The molecule has 0 radical (unpaired) electrons. The largest absolute Gasteiger partial charge is 0.495 e. The molecule has 0 saturated carbocycles. The molecule has 3 aromatic rings. The Labute approximate surface area is 153 Å². The number of hydrogen-bond donors (Lipinski definition) is 2. The minimum Gasteiger partial charge on any atom is -0.495 e. The first-order valence-corrected chi connectivity index (χ1v) is 8.26. The number of hydrogen-bond acceptors (Lipinski definition) is 6. The number of rotatable bonds is 6. The molecule has 0 aliphatic carbocycles. The third kappa shape index (κ3) is 4.03. The average molecular weight is 350 g/mol. The highest BCUT2D eigenvalue weighted by Crippen LogP contribution is 2.29. The van der Waals surface area contributed by atoms with Gasteiger partial charge in [-0.05, 0) is 43.7 Å². The van der Waals surface area contributed by atoms with E-state index in [1.807, 2.05) is 62.4 Å². The Hall–Kier alpha value is -3.28. The maximum Gasteiger partial charge on any atom is 0.229 e. The monoisotopic (exact) mass is 350 g/mol. The fraction of sp³-hybridized carbons (Fsp3) is 0.200. The molecule has 0 amide bonds.